The van der Waals surface area contributed by atoms with Crippen molar-refractivity contribution in [3.8, 4) is 0 Å². The molecule has 0 aliphatic rings. The number of carbonyl (C=O) groups excluding carboxylic acids is 1. The summed E-state index contributed by atoms with van der Waals surface area (Å²) in [5.41, 5.74) is -1.33. The summed E-state index contributed by atoms with van der Waals surface area (Å²) in [6, 6.07) is 0. The van der Waals surface area contributed by atoms with Gasteiger partial charge in [-0.2, -0.15) is 10.1 Å². The third-order valence-electron chi connectivity index (χ3n) is 6.46. The van der Waals surface area contributed by atoms with Crippen LogP contribution in [0.1, 0.15) is 130 Å². The van der Waals surface area contributed by atoms with E-state index in [1.807, 2.05) is 0 Å². The Kier molecular flexibility index (Phi) is 23.1. The molecule has 3 atom stereocenters. The predicted molar refractivity (Wildman–Crippen MR) is 145 cm³/mol. The van der Waals surface area contributed by atoms with Crippen molar-refractivity contribution in [2.24, 2.45) is 0 Å². The zero-order valence-electron chi connectivity index (χ0n) is 23.0. The largest absolute Gasteiger partial charge is 0.639 e. The normalized spacial score (nSPS) is 13.9. The Morgan fingerprint density at radius 1 is 0.778 bits per heavy atom. The molecule has 0 aromatic rings. The van der Waals surface area contributed by atoms with Gasteiger partial charge in [0, 0.05) is 6.61 Å². The van der Waals surface area contributed by atoms with Gasteiger partial charge in [0.15, 0.2) is 9.84 Å². The highest BCUT2D eigenvalue weighted by Crippen LogP contribution is 2.25. The predicted octanol–water partition coefficient (Wildman–Crippen LogP) is 8.22. The molecule has 0 aromatic carbocycles. The Morgan fingerprint density at radius 3 is 1.81 bits per heavy atom. The van der Waals surface area contributed by atoms with Crippen molar-refractivity contribution in [1.29, 1.82) is 0 Å². The van der Waals surface area contributed by atoms with E-state index < -0.39 is 34.9 Å². The van der Waals surface area contributed by atoms with Crippen LogP contribution in [0.2, 0.25) is 0 Å². The quantitative estimate of drug-likeness (QED) is 0.0491. The van der Waals surface area contributed by atoms with Crippen molar-refractivity contribution in [1.82, 2.24) is 0 Å². The maximum atomic E-state index is 13.2. The highest BCUT2D eigenvalue weighted by Gasteiger charge is 2.34. The second-order valence-electron chi connectivity index (χ2n) is 9.67. The van der Waals surface area contributed by atoms with E-state index >= 15 is 0 Å². The minimum Gasteiger partial charge on any atom is -0.377 e. The molecule has 0 fully saturated rings. The van der Waals surface area contributed by atoms with Gasteiger partial charge in [-0.3, -0.25) is 4.89 Å². The molecule has 214 valence electrons. The first-order valence-electron chi connectivity index (χ1n) is 14.1. The Hall–Kier alpha value is -0.600. The van der Waals surface area contributed by atoms with Crippen LogP contribution in [0.15, 0.2) is 0 Å². The lowest BCUT2D eigenvalue weighted by molar-refractivity contribution is -0.168. The van der Waals surface area contributed by atoms with Gasteiger partial charge in [-0.25, -0.2) is 8.42 Å². The van der Waals surface area contributed by atoms with Crippen molar-refractivity contribution in [3.63, 3.8) is 0 Å². The molecule has 0 amide bonds. The van der Waals surface area contributed by atoms with Gasteiger partial charge in [-0.05, 0) is 30.8 Å². The Balaban J connectivity index is 4.49. The monoisotopic (exact) mass is 555 g/mol. The van der Waals surface area contributed by atoms with E-state index in [0.717, 1.165) is 44.9 Å². The van der Waals surface area contributed by atoms with Gasteiger partial charge in [0.05, 0.1) is 17.1 Å². The molecule has 0 rings (SSSR count). The van der Waals surface area contributed by atoms with E-state index in [1.54, 1.807) is 6.92 Å². The Labute approximate surface area is 221 Å². The molecule has 10 heteroatoms. The number of ether oxygens (including phenoxy) is 1. The fourth-order valence-electron chi connectivity index (χ4n) is 4.27. The summed E-state index contributed by atoms with van der Waals surface area (Å²) in [6.45, 7) is 6.38. The third kappa shape index (κ3) is 18.6. The SMILES string of the molecule is CCCCCCCCCCCCS(=O)(=O)C(CCCCCCC)C(C)OCCCO[P+](=O)C(=O)OO. The number of sulfone groups is 1. The molecule has 0 saturated heterocycles. The average molecular weight is 556 g/mol. The summed E-state index contributed by atoms with van der Waals surface area (Å²) < 4.78 is 48.3. The molecule has 0 radical (unpaired) electrons. The maximum Gasteiger partial charge on any atom is 0.639 e. The lowest BCUT2D eigenvalue weighted by atomic mass is 10.1. The third-order valence-corrected chi connectivity index (χ3v) is 9.66. The van der Waals surface area contributed by atoms with Crippen molar-refractivity contribution < 1.29 is 37.2 Å². The smallest absolute Gasteiger partial charge is 0.377 e. The average Bonchev–Trinajstić information content (AvgIpc) is 2.86. The lowest BCUT2D eigenvalue weighted by Crippen LogP contribution is -2.36. The first-order valence-corrected chi connectivity index (χ1v) is 17.0. The van der Waals surface area contributed by atoms with Crippen LogP contribution in [0.5, 0.6) is 0 Å². The number of rotatable bonds is 26. The summed E-state index contributed by atoms with van der Waals surface area (Å²) in [6.07, 6.45) is 17.4. The van der Waals surface area contributed by atoms with Crippen molar-refractivity contribution in [2.75, 3.05) is 19.0 Å². The summed E-state index contributed by atoms with van der Waals surface area (Å²) in [4.78, 5) is 14.2. The fraction of sp³-hybridized carbons (Fsp3) is 0.962. The molecule has 8 nitrogen and oxygen atoms in total. The summed E-state index contributed by atoms with van der Waals surface area (Å²) >= 11 is 0. The van der Waals surface area contributed by atoms with E-state index in [-0.39, 0.29) is 19.0 Å². The van der Waals surface area contributed by atoms with Crippen LogP contribution in [-0.2, 0) is 28.6 Å². The minimum atomic E-state index is -3.28. The summed E-state index contributed by atoms with van der Waals surface area (Å²) in [7, 11) is -6.03. The molecular formula is C26H52O8PS+. The molecule has 0 bridgehead atoms. The van der Waals surface area contributed by atoms with Crippen LogP contribution < -0.4 is 0 Å². The zero-order chi connectivity index (χ0) is 27.1. The Bertz CT molecular complexity index is 656. The fourth-order valence-corrected chi connectivity index (χ4v) is 6.83. The molecular weight excluding hydrogens is 503 g/mol. The second-order valence-corrected chi connectivity index (χ2v) is 13.1. The first kappa shape index (κ1) is 35.4. The van der Waals surface area contributed by atoms with Crippen LogP contribution in [-0.4, -0.2) is 49.7 Å². The number of carbonyl (C=O) groups is 1. The first-order chi connectivity index (χ1) is 17.3. The molecule has 0 spiro atoms. The van der Waals surface area contributed by atoms with E-state index in [0.29, 0.717) is 19.3 Å². The van der Waals surface area contributed by atoms with Gasteiger partial charge in [-0.15, -0.1) is 4.52 Å². The molecule has 0 heterocycles. The van der Waals surface area contributed by atoms with Crippen LogP contribution >= 0.6 is 8.03 Å². The molecule has 0 aromatic heterocycles. The van der Waals surface area contributed by atoms with Crippen molar-refractivity contribution in [2.45, 2.75) is 141 Å². The lowest BCUT2D eigenvalue weighted by Gasteiger charge is -2.24. The molecule has 36 heavy (non-hydrogen) atoms. The van der Waals surface area contributed by atoms with Gasteiger partial charge in [0.2, 0.25) is 0 Å². The van der Waals surface area contributed by atoms with E-state index in [1.165, 1.54) is 44.9 Å². The highest BCUT2D eigenvalue weighted by atomic mass is 32.2. The van der Waals surface area contributed by atoms with Gasteiger partial charge in [0.25, 0.3) is 0 Å². The summed E-state index contributed by atoms with van der Waals surface area (Å²) in [5.74, 6) is 0.198. The molecule has 0 aliphatic carbocycles. The molecule has 0 saturated carbocycles. The summed E-state index contributed by atoms with van der Waals surface area (Å²) in [5, 5.41) is 7.65. The van der Waals surface area contributed by atoms with E-state index in [4.69, 9.17) is 14.5 Å². The number of unbranched alkanes of at least 4 members (excludes halogenated alkanes) is 13. The van der Waals surface area contributed by atoms with Gasteiger partial charge in [-0.1, -0.05) is 104 Å². The van der Waals surface area contributed by atoms with E-state index in [2.05, 4.69) is 18.7 Å². The molecule has 1 N–H and O–H groups in total. The molecule has 0 aliphatic heterocycles. The van der Waals surface area contributed by atoms with Crippen LogP contribution in [0.4, 0.5) is 4.79 Å². The number of hydrogen-bond acceptors (Lipinski definition) is 8. The van der Waals surface area contributed by atoms with Crippen LogP contribution in [0, 0.1) is 0 Å². The standard InChI is InChI=1S/C26H51O8PS/c1-4-6-8-10-11-12-13-14-16-18-23-36(30,31)25(20-17-15-9-7-5-2)24(3)32-21-19-22-33-35(29)26(27)34-28/h24-25H,4-23H2,1-3H3/p+1. The van der Waals surface area contributed by atoms with Gasteiger partial charge >= 0.3 is 13.7 Å². The van der Waals surface area contributed by atoms with Gasteiger partial charge in [0.1, 0.15) is 6.61 Å². The topological polar surface area (TPSA) is 116 Å². The number of hydrogen-bond donors (Lipinski definition) is 1. The minimum absolute atomic E-state index is 0.0237. The maximum absolute atomic E-state index is 13.2. The molecule has 3 unspecified atom stereocenters. The van der Waals surface area contributed by atoms with Gasteiger partial charge < -0.3 is 4.74 Å². The van der Waals surface area contributed by atoms with Crippen LogP contribution in [0.3, 0.4) is 0 Å². The van der Waals surface area contributed by atoms with Crippen molar-refractivity contribution in [3.05, 3.63) is 0 Å². The van der Waals surface area contributed by atoms with Crippen molar-refractivity contribution >= 4 is 23.6 Å². The van der Waals surface area contributed by atoms with Crippen LogP contribution in [0.25, 0.3) is 0 Å². The van der Waals surface area contributed by atoms with E-state index in [9.17, 15) is 17.8 Å². The highest BCUT2D eigenvalue weighted by molar-refractivity contribution is 7.92. The zero-order valence-corrected chi connectivity index (χ0v) is 24.7. The Morgan fingerprint density at radius 2 is 1.28 bits per heavy atom. The second kappa shape index (κ2) is 23.5.